The van der Waals surface area contributed by atoms with Gasteiger partial charge in [0.15, 0.2) is 0 Å². The molecular weight excluding hydrogens is 240 g/mol. The Balaban J connectivity index is 2.41. The Kier molecular flexibility index (Phi) is 3.34. The Morgan fingerprint density at radius 1 is 1.29 bits per heavy atom. The van der Waals surface area contributed by atoms with Crippen molar-refractivity contribution in [3.05, 3.63) is 34.8 Å². The van der Waals surface area contributed by atoms with Crippen LogP contribution in [0.15, 0.2) is 24.4 Å². The summed E-state index contributed by atoms with van der Waals surface area (Å²) >= 11 is 1.06. The third-order valence-electron chi connectivity index (χ3n) is 2.24. The van der Waals surface area contributed by atoms with Crippen LogP contribution in [-0.2, 0) is 0 Å². The maximum atomic E-state index is 12.1. The summed E-state index contributed by atoms with van der Waals surface area (Å²) in [6, 6.07) is 5.05. The molecule has 0 atom stereocenters. The molecule has 0 bridgehead atoms. The largest absolute Gasteiger partial charge is 0.497 e. The summed E-state index contributed by atoms with van der Waals surface area (Å²) in [6.07, 6.45) is 1.44. The van der Waals surface area contributed by atoms with E-state index in [9.17, 15) is 4.79 Å². The first-order chi connectivity index (χ1) is 8.26. The minimum Gasteiger partial charge on any atom is -0.497 e. The molecule has 5 nitrogen and oxygen atoms in total. The molecule has 0 unspecified atom stereocenters. The van der Waals surface area contributed by atoms with Gasteiger partial charge in [-0.1, -0.05) is 4.49 Å². The Morgan fingerprint density at radius 2 is 2.12 bits per heavy atom. The van der Waals surface area contributed by atoms with Crippen molar-refractivity contribution in [2.24, 2.45) is 0 Å². The lowest BCUT2D eigenvalue weighted by Gasteiger charge is -2.08. The predicted octanol–water partition coefficient (Wildman–Crippen LogP) is 1.79. The Hall–Kier alpha value is -1.95. The van der Waals surface area contributed by atoms with Gasteiger partial charge in [0.05, 0.1) is 26.0 Å². The molecule has 0 amide bonds. The van der Waals surface area contributed by atoms with Crippen LogP contribution in [0.5, 0.6) is 11.5 Å². The highest BCUT2D eigenvalue weighted by molar-refractivity contribution is 7.08. The third kappa shape index (κ3) is 2.26. The number of nitrogens with zero attached hydrogens (tertiary/aromatic N) is 2. The standard InChI is InChI=1S/C11H10N2O3S/c1-15-7-3-4-8(9(5-7)16-2)11(14)10-6-12-13-17-10/h3-6H,1-2H3. The zero-order valence-electron chi connectivity index (χ0n) is 9.34. The third-order valence-corrected chi connectivity index (χ3v) is 2.90. The average molecular weight is 250 g/mol. The van der Waals surface area contributed by atoms with E-state index >= 15 is 0 Å². The maximum absolute atomic E-state index is 12.1. The Labute approximate surface area is 102 Å². The summed E-state index contributed by atoms with van der Waals surface area (Å²) in [5, 5.41) is 3.64. The topological polar surface area (TPSA) is 61.3 Å². The van der Waals surface area contributed by atoms with Gasteiger partial charge in [0.1, 0.15) is 16.4 Å². The number of aromatic nitrogens is 2. The molecule has 2 aromatic rings. The fourth-order valence-corrected chi connectivity index (χ4v) is 1.86. The predicted molar refractivity (Wildman–Crippen MR) is 62.9 cm³/mol. The van der Waals surface area contributed by atoms with Gasteiger partial charge in [-0.3, -0.25) is 4.79 Å². The van der Waals surface area contributed by atoms with Gasteiger partial charge in [-0.25, -0.2) is 0 Å². The number of ether oxygens (including phenoxy) is 2. The van der Waals surface area contributed by atoms with Gasteiger partial charge < -0.3 is 9.47 Å². The van der Waals surface area contributed by atoms with E-state index in [2.05, 4.69) is 9.59 Å². The molecule has 0 aliphatic carbocycles. The highest BCUT2D eigenvalue weighted by Crippen LogP contribution is 2.27. The molecule has 1 aromatic heterocycles. The fraction of sp³-hybridized carbons (Fsp3) is 0.182. The SMILES string of the molecule is COc1ccc(C(=O)c2cnns2)c(OC)c1. The van der Waals surface area contributed by atoms with Crippen LogP contribution >= 0.6 is 11.5 Å². The molecule has 0 spiro atoms. The van der Waals surface area contributed by atoms with Crippen LogP contribution in [0.4, 0.5) is 0 Å². The monoisotopic (exact) mass is 250 g/mol. The van der Waals surface area contributed by atoms with Crippen LogP contribution in [0.3, 0.4) is 0 Å². The van der Waals surface area contributed by atoms with Crippen LogP contribution in [0.1, 0.15) is 15.2 Å². The number of methoxy groups -OCH3 is 2. The van der Waals surface area contributed by atoms with Gasteiger partial charge in [0.2, 0.25) is 5.78 Å². The minimum atomic E-state index is -0.153. The van der Waals surface area contributed by atoms with Crippen LogP contribution < -0.4 is 9.47 Å². The zero-order valence-corrected chi connectivity index (χ0v) is 10.2. The molecule has 1 aromatic carbocycles. The van der Waals surface area contributed by atoms with Crippen LogP contribution in [0, 0.1) is 0 Å². The summed E-state index contributed by atoms with van der Waals surface area (Å²) in [7, 11) is 3.07. The van der Waals surface area contributed by atoms with E-state index in [0.29, 0.717) is 21.9 Å². The molecule has 0 fully saturated rings. The Bertz CT molecular complexity index is 526. The van der Waals surface area contributed by atoms with E-state index in [1.54, 1.807) is 25.3 Å². The molecule has 0 saturated heterocycles. The summed E-state index contributed by atoms with van der Waals surface area (Å²) in [4.78, 5) is 12.6. The van der Waals surface area contributed by atoms with Crippen molar-refractivity contribution in [1.82, 2.24) is 9.59 Å². The average Bonchev–Trinajstić information content (AvgIpc) is 2.91. The van der Waals surface area contributed by atoms with Crippen molar-refractivity contribution < 1.29 is 14.3 Å². The van der Waals surface area contributed by atoms with Crippen LogP contribution in [-0.4, -0.2) is 29.6 Å². The second kappa shape index (κ2) is 4.92. The highest BCUT2D eigenvalue weighted by Gasteiger charge is 2.17. The number of hydrogen-bond donors (Lipinski definition) is 0. The van der Waals surface area contributed by atoms with Crippen LogP contribution in [0.25, 0.3) is 0 Å². The number of hydrogen-bond acceptors (Lipinski definition) is 6. The van der Waals surface area contributed by atoms with E-state index in [1.807, 2.05) is 0 Å². The second-order valence-corrected chi connectivity index (χ2v) is 3.96. The van der Waals surface area contributed by atoms with E-state index in [1.165, 1.54) is 13.3 Å². The van der Waals surface area contributed by atoms with Crippen molar-refractivity contribution in [3.8, 4) is 11.5 Å². The molecule has 0 aliphatic heterocycles. The van der Waals surface area contributed by atoms with Crippen molar-refractivity contribution in [3.63, 3.8) is 0 Å². The molecule has 0 radical (unpaired) electrons. The van der Waals surface area contributed by atoms with Gasteiger partial charge in [0.25, 0.3) is 0 Å². The molecule has 2 rings (SSSR count). The van der Waals surface area contributed by atoms with Gasteiger partial charge in [-0.05, 0) is 23.7 Å². The van der Waals surface area contributed by atoms with Crippen LogP contribution in [0.2, 0.25) is 0 Å². The molecular formula is C11H10N2O3S. The molecule has 6 heteroatoms. The van der Waals surface area contributed by atoms with Gasteiger partial charge >= 0.3 is 0 Å². The van der Waals surface area contributed by atoms with Crippen molar-refractivity contribution in [2.75, 3.05) is 14.2 Å². The minimum absolute atomic E-state index is 0.153. The normalized spacial score (nSPS) is 10.0. The van der Waals surface area contributed by atoms with Gasteiger partial charge in [-0.15, -0.1) is 5.10 Å². The second-order valence-electron chi connectivity index (χ2n) is 3.18. The van der Waals surface area contributed by atoms with Crippen molar-refractivity contribution in [2.45, 2.75) is 0 Å². The summed E-state index contributed by atoms with van der Waals surface area (Å²) in [5.74, 6) is 0.961. The summed E-state index contributed by atoms with van der Waals surface area (Å²) < 4.78 is 13.9. The smallest absolute Gasteiger partial charge is 0.209 e. The van der Waals surface area contributed by atoms with Gasteiger partial charge in [-0.2, -0.15) is 0 Å². The molecule has 0 N–H and O–H groups in total. The number of carbonyl (C=O) groups is 1. The number of carbonyl (C=O) groups excluding carboxylic acids is 1. The maximum Gasteiger partial charge on any atom is 0.209 e. The number of benzene rings is 1. The van der Waals surface area contributed by atoms with E-state index in [-0.39, 0.29) is 5.78 Å². The Morgan fingerprint density at radius 3 is 2.71 bits per heavy atom. The quantitative estimate of drug-likeness (QED) is 0.774. The lowest BCUT2D eigenvalue weighted by molar-refractivity contribution is 0.103. The first kappa shape index (κ1) is 11.5. The first-order valence-corrected chi connectivity index (χ1v) is 5.57. The molecule has 88 valence electrons. The lowest BCUT2D eigenvalue weighted by Crippen LogP contribution is -2.02. The van der Waals surface area contributed by atoms with Crippen molar-refractivity contribution >= 4 is 17.3 Å². The number of ketones is 1. The van der Waals surface area contributed by atoms with E-state index in [0.717, 1.165) is 11.5 Å². The summed E-state index contributed by atoms with van der Waals surface area (Å²) in [6.45, 7) is 0. The molecule has 0 aliphatic rings. The number of rotatable bonds is 4. The lowest BCUT2D eigenvalue weighted by atomic mass is 10.1. The molecule has 0 saturated carbocycles. The zero-order chi connectivity index (χ0) is 12.3. The fourth-order valence-electron chi connectivity index (χ4n) is 1.39. The molecule has 17 heavy (non-hydrogen) atoms. The van der Waals surface area contributed by atoms with E-state index < -0.39 is 0 Å². The van der Waals surface area contributed by atoms with Gasteiger partial charge in [0, 0.05) is 6.07 Å². The molecule has 1 heterocycles. The van der Waals surface area contributed by atoms with Crippen molar-refractivity contribution in [1.29, 1.82) is 0 Å². The highest BCUT2D eigenvalue weighted by atomic mass is 32.1. The van der Waals surface area contributed by atoms with E-state index in [4.69, 9.17) is 9.47 Å². The summed E-state index contributed by atoms with van der Waals surface area (Å²) in [5.41, 5.74) is 0.472. The first-order valence-electron chi connectivity index (χ1n) is 4.80.